The SMILES string of the molecule is CCOC(=O)C1(NCCCN=[N+]=[N-])CCC(C)(C)C1. The molecule has 1 aliphatic carbocycles. The van der Waals surface area contributed by atoms with E-state index in [1.165, 1.54) is 0 Å². The summed E-state index contributed by atoms with van der Waals surface area (Å²) in [6.45, 7) is 7.69. The number of esters is 1. The van der Waals surface area contributed by atoms with Gasteiger partial charge in [-0.1, -0.05) is 19.0 Å². The monoisotopic (exact) mass is 268 g/mol. The molecule has 0 aromatic carbocycles. The minimum atomic E-state index is -0.560. The van der Waals surface area contributed by atoms with E-state index in [2.05, 4.69) is 29.2 Å². The minimum Gasteiger partial charge on any atom is -0.465 e. The van der Waals surface area contributed by atoms with Gasteiger partial charge in [0.2, 0.25) is 0 Å². The molecule has 1 saturated carbocycles. The number of carbonyl (C=O) groups is 1. The lowest BCUT2D eigenvalue weighted by molar-refractivity contribution is -0.151. The molecule has 0 saturated heterocycles. The summed E-state index contributed by atoms with van der Waals surface area (Å²) >= 11 is 0. The van der Waals surface area contributed by atoms with Crippen LogP contribution in [-0.4, -0.2) is 31.2 Å². The van der Waals surface area contributed by atoms with Gasteiger partial charge in [0.15, 0.2) is 0 Å². The molecule has 1 unspecified atom stereocenters. The van der Waals surface area contributed by atoms with Gasteiger partial charge in [-0.3, -0.25) is 4.79 Å². The van der Waals surface area contributed by atoms with Crippen LogP contribution in [0.3, 0.4) is 0 Å². The molecule has 0 aliphatic heterocycles. The molecule has 0 amide bonds. The summed E-state index contributed by atoms with van der Waals surface area (Å²) in [7, 11) is 0. The van der Waals surface area contributed by atoms with E-state index < -0.39 is 5.54 Å². The molecular weight excluding hydrogens is 244 g/mol. The second-order valence-electron chi connectivity index (χ2n) is 5.88. The molecule has 1 rings (SSSR count). The third-order valence-electron chi connectivity index (χ3n) is 3.64. The number of hydrogen-bond donors (Lipinski definition) is 1. The van der Waals surface area contributed by atoms with E-state index in [0.29, 0.717) is 19.7 Å². The first kappa shape index (κ1) is 15.8. The smallest absolute Gasteiger partial charge is 0.326 e. The number of hydrogen-bond acceptors (Lipinski definition) is 4. The number of ether oxygens (including phenoxy) is 1. The highest BCUT2D eigenvalue weighted by Gasteiger charge is 2.49. The summed E-state index contributed by atoms with van der Waals surface area (Å²) in [6, 6.07) is 0. The van der Waals surface area contributed by atoms with Gasteiger partial charge in [0, 0.05) is 11.5 Å². The van der Waals surface area contributed by atoms with E-state index >= 15 is 0 Å². The fraction of sp³-hybridized carbons (Fsp3) is 0.923. The molecule has 6 nitrogen and oxygen atoms in total. The second kappa shape index (κ2) is 6.78. The van der Waals surface area contributed by atoms with Crippen LogP contribution < -0.4 is 5.32 Å². The molecule has 1 N–H and O–H groups in total. The highest BCUT2D eigenvalue weighted by atomic mass is 16.5. The van der Waals surface area contributed by atoms with Crippen LogP contribution in [0.5, 0.6) is 0 Å². The Kier molecular flexibility index (Phi) is 5.63. The summed E-state index contributed by atoms with van der Waals surface area (Å²) in [5.74, 6) is -0.149. The second-order valence-corrected chi connectivity index (χ2v) is 5.88. The van der Waals surface area contributed by atoms with Crippen molar-refractivity contribution in [3.8, 4) is 0 Å². The number of rotatable bonds is 7. The van der Waals surface area contributed by atoms with Crippen molar-refractivity contribution >= 4 is 5.97 Å². The largest absolute Gasteiger partial charge is 0.465 e. The number of nitrogens with zero attached hydrogens (tertiary/aromatic N) is 3. The summed E-state index contributed by atoms with van der Waals surface area (Å²) < 4.78 is 5.22. The van der Waals surface area contributed by atoms with Crippen molar-refractivity contribution < 1.29 is 9.53 Å². The zero-order valence-electron chi connectivity index (χ0n) is 12.1. The summed E-state index contributed by atoms with van der Waals surface area (Å²) in [6.07, 6.45) is 3.33. The predicted molar refractivity (Wildman–Crippen MR) is 73.6 cm³/mol. The van der Waals surface area contributed by atoms with Crippen molar-refractivity contribution in [3.63, 3.8) is 0 Å². The molecule has 108 valence electrons. The van der Waals surface area contributed by atoms with Crippen LogP contribution in [0, 0.1) is 5.41 Å². The lowest BCUT2D eigenvalue weighted by atomic mass is 9.87. The van der Waals surface area contributed by atoms with Crippen LogP contribution >= 0.6 is 0 Å². The Morgan fingerprint density at radius 1 is 1.47 bits per heavy atom. The first-order valence-electron chi connectivity index (χ1n) is 6.89. The van der Waals surface area contributed by atoms with Crippen LogP contribution in [0.4, 0.5) is 0 Å². The summed E-state index contributed by atoms with van der Waals surface area (Å²) in [4.78, 5) is 14.9. The fourth-order valence-electron chi connectivity index (χ4n) is 2.73. The standard InChI is InChI=1S/C13H24N4O2/c1-4-19-11(18)13(7-6-12(2,3)10-13)15-8-5-9-16-17-14/h15H,4-10H2,1-3H3. The van der Waals surface area contributed by atoms with Gasteiger partial charge in [-0.2, -0.15) is 0 Å². The lowest BCUT2D eigenvalue weighted by Gasteiger charge is -2.30. The van der Waals surface area contributed by atoms with Crippen molar-refractivity contribution in [3.05, 3.63) is 10.4 Å². The van der Waals surface area contributed by atoms with E-state index in [0.717, 1.165) is 25.7 Å². The molecule has 0 spiro atoms. The zero-order chi connectivity index (χ0) is 14.4. The minimum absolute atomic E-state index is 0.149. The Bertz CT molecular complexity index is 364. The summed E-state index contributed by atoms with van der Waals surface area (Å²) in [5.41, 5.74) is 7.82. The van der Waals surface area contributed by atoms with Gasteiger partial charge in [0.05, 0.1) is 6.61 Å². The van der Waals surface area contributed by atoms with Gasteiger partial charge in [-0.25, -0.2) is 0 Å². The zero-order valence-corrected chi connectivity index (χ0v) is 12.1. The van der Waals surface area contributed by atoms with E-state index in [9.17, 15) is 4.79 Å². The molecule has 19 heavy (non-hydrogen) atoms. The third kappa shape index (κ3) is 4.40. The molecule has 1 atom stereocenters. The van der Waals surface area contributed by atoms with E-state index in [-0.39, 0.29) is 11.4 Å². The summed E-state index contributed by atoms with van der Waals surface area (Å²) in [5, 5.41) is 6.83. The van der Waals surface area contributed by atoms with Crippen LogP contribution in [-0.2, 0) is 9.53 Å². The maximum Gasteiger partial charge on any atom is 0.326 e. The van der Waals surface area contributed by atoms with Gasteiger partial charge >= 0.3 is 5.97 Å². The highest BCUT2D eigenvalue weighted by Crippen LogP contribution is 2.44. The van der Waals surface area contributed by atoms with Crippen molar-refractivity contribution in [2.45, 2.75) is 52.0 Å². The predicted octanol–water partition coefficient (Wildman–Crippen LogP) is 2.79. The van der Waals surface area contributed by atoms with Crippen LogP contribution in [0.1, 0.15) is 46.5 Å². The maximum absolute atomic E-state index is 12.2. The number of nitrogens with one attached hydrogen (secondary N) is 1. The number of azide groups is 1. The third-order valence-corrected chi connectivity index (χ3v) is 3.64. The Hall–Kier alpha value is -1.26. The molecular formula is C13H24N4O2. The first-order valence-corrected chi connectivity index (χ1v) is 6.89. The Labute approximate surface area is 114 Å². The normalized spacial score (nSPS) is 24.8. The molecule has 1 aliphatic rings. The maximum atomic E-state index is 12.2. The topological polar surface area (TPSA) is 87.1 Å². The van der Waals surface area contributed by atoms with Crippen molar-refractivity contribution in [1.29, 1.82) is 0 Å². The van der Waals surface area contributed by atoms with Gasteiger partial charge in [0.1, 0.15) is 5.54 Å². The number of carbonyl (C=O) groups excluding carboxylic acids is 1. The van der Waals surface area contributed by atoms with Gasteiger partial charge < -0.3 is 10.1 Å². The van der Waals surface area contributed by atoms with Crippen LogP contribution in [0.25, 0.3) is 10.4 Å². The fourth-order valence-corrected chi connectivity index (χ4v) is 2.73. The van der Waals surface area contributed by atoms with Crippen molar-refractivity contribution in [2.75, 3.05) is 19.7 Å². The molecule has 0 heterocycles. The van der Waals surface area contributed by atoms with E-state index in [4.69, 9.17) is 10.3 Å². The van der Waals surface area contributed by atoms with Crippen LogP contribution in [0.15, 0.2) is 5.11 Å². The average molecular weight is 268 g/mol. The molecule has 1 fully saturated rings. The Morgan fingerprint density at radius 2 is 2.21 bits per heavy atom. The highest BCUT2D eigenvalue weighted by molar-refractivity contribution is 5.81. The van der Waals surface area contributed by atoms with E-state index in [1.54, 1.807) is 0 Å². The van der Waals surface area contributed by atoms with E-state index in [1.807, 2.05) is 6.92 Å². The van der Waals surface area contributed by atoms with Gasteiger partial charge in [-0.05, 0) is 50.1 Å². The Balaban J connectivity index is 2.61. The average Bonchev–Trinajstić information content (AvgIpc) is 2.66. The first-order chi connectivity index (χ1) is 8.96. The van der Waals surface area contributed by atoms with Gasteiger partial charge in [0.25, 0.3) is 0 Å². The molecule has 0 bridgehead atoms. The molecule has 0 aromatic heterocycles. The van der Waals surface area contributed by atoms with Gasteiger partial charge in [-0.15, -0.1) is 0 Å². The van der Waals surface area contributed by atoms with Crippen molar-refractivity contribution in [2.24, 2.45) is 10.5 Å². The molecule has 0 radical (unpaired) electrons. The van der Waals surface area contributed by atoms with Crippen LogP contribution in [0.2, 0.25) is 0 Å². The van der Waals surface area contributed by atoms with Crippen molar-refractivity contribution in [1.82, 2.24) is 5.32 Å². The molecule has 0 aromatic rings. The Morgan fingerprint density at radius 3 is 2.74 bits per heavy atom. The quantitative estimate of drug-likeness (QED) is 0.253. The molecule has 6 heteroatoms. The lowest BCUT2D eigenvalue weighted by Crippen LogP contribution is -2.52.